The summed E-state index contributed by atoms with van der Waals surface area (Å²) in [7, 11) is 1.86. The SMILES string of the molecule is CNCCOCCOCCOCC(=O)NC(C(=O)N1CCC[C@H]1C(=O)N[C@@H](C)c1ccc(-c2scnc2C)cc1)C(C)(C)C. The van der Waals surface area contributed by atoms with Gasteiger partial charge in [0.05, 0.1) is 55.2 Å². The van der Waals surface area contributed by atoms with E-state index in [0.717, 1.165) is 34.7 Å². The van der Waals surface area contributed by atoms with Crippen LogP contribution in [0, 0.1) is 12.3 Å². The molecule has 0 saturated carbocycles. The van der Waals surface area contributed by atoms with Gasteiger partial charge in [-0.2, -0.15) is 0 Å². The van der Waals surface area contributed by atoms with Crippen molar-refractivity contribution in [3.05, 3.63) is 41.0 Å². The molecule has 1 fully saturated rings. The smallest absolute Gasteiger partial charge is 0.246 e. The van der Waals surface area contributed by atoms with E-state index in [0.29, 0.717) is 39.4 Å². The Morgan fingerprint density at radius 2 is 1.68 bits per heavy atom. The fraction of sp³-hybridized carbons (Fsp3) is 0.625. The highest BCUT2D eigenvalue weighted by Gasteiger charge is 2.42. The number of ether oxygens (including phenoxy) is 3. The van der Waals surface area contributed by atoms with E-state index in [4.69, 9.17) is 14.2 Å². The zero-order valence-electron chi connectivity index (χ0n) is 26.9. The average molecular weight is 632 g/mol. The van der Waals surface area contributed by atoms with Crippen LogP contribution in [0.1, 0.15) is 57.8 Å². The van der Waals surface area contributed by atoms with Crippen LogP contribution in [0.3, 0.4) is 0 Å². The molecule has 44 heavy (non-hydrogen) atoms. The minimum absolute atomic E-state index is 0.190. The molecule has 0 bridgehead atoms. The molecule has 1 aromatic carbocycles. The molecule has 1 aliphatic rings. The maximum atomic E-state index is 13.8. The van der Waals surface area contributed by atoms with Gasteiger partial charge in [0.25, 0.3) is 0 Å². The second-order valence-corrected chi connectivity index (χ2v) is 12.9. The number of hydrogen-bond donors (Lipinski definition) is 3. The van der Waals surface area contributed by atoms with Crippen LogP contribution in [0.25, 0.3) is 10.4 Å². The van der Waals surface area contributed by atoms with E-state index in [9.17, 15) is 14.4 Å². The van der Waals surface area contributed by atoms with Crippen molar-refractivity contribution in [3.63, 3.8) is 0 Å². The number of rotatable bonds is 17. The Morgan fingerprint density at radius 3 is 2.30 bits per heavy atom. The van der Waals surface area contributed by atoms with Crippen LogP contribution >= 0.6 is 11.3 Å². The molecule has 0 radical (unpaired) electrons. The Hall–Kier alpha value is -2.90. The molecule has 2 heterocycles. The molecular formula is C32H49N5O6S. The highest BCUT2D eigenvalue weighted by atomic mass is 32.1. The summed E-state index contributed by atoms with van der Waals surface area (Å²) in [4.78, 5) is 47.0. The summed E-state index contributed by atoms with van der Waals surface area (Å²) in [5.41, 5.74) is 4.33. The molecule has 1 unspecified atom stereocenters. The summed E-state index contributed by atoms with van der Waals surface area (Å²) in [5.74, 6) is -0.845. The van der Waals surface area contributed by atoms with E-state index >= 15 is 0 Å². The predicted molar refractivity (Wildman–Crippen MR) is 171 cm³/mol. The van der Waals surface area contributed by atoms with Gasteiger partial charge in [-0.1, -0.05) is 45.0 Å². The summed E-state index contributed by atoms with van der Waals surface area (Å²) >= 11 is 1.60. The van der Waals surface area contributed by atoms with E-state index in [-0.39, 0.29) is 37.0 Å². The third-order valence-electron chi connectivity index (χ3n) is 7.51. The monoisotopic (exact) mass is 631 g/mol. The Kier molecular flexibility index (Phi) is 14.2. The van der Waals surface area contributed by atoms with Gasteiger partial charge in [0.2, 0.25) is 17.7 Å². The van der Waals surface area contributed by atoms with Gasteiger partial charge in [-0.05, 0) is 50.3 Å². The van der Waals surface area contributed by atoms with Gasteiger partial charge in [-0.15, -0.1) is 11.3 Å². The molecule has 11 nitrogen and oxygen atoms in total. The second-order valence-electron chi connectivity index (χ2n) is 12.1. The second kappa shape index (κ2) is 17.6. The number of benzene rings is 1. The molecule has 0 aliphatic carbocycles. The van der Waals surface area contributed by atoms with Gasteiger partial charge in [0.1, 0.15) is 18.7 Å². The minimum atomic E-state index is -0.807. The van der Waals surface area contributed by atoms with Crippen LogP contribution in [0.15, 0.2) is 29.8 Å². The standard InChI is InChI=1S/C32H49N5O6S/c1-22(24-9-11-25(12-10-24)28-23(2)34-21-44-28)35-30(39)26-8-7-14-37(26)31(40)29(32(3,4)5)36-27(38)20-43-19-18-42-17-16-41-15-13-33-6/h9-12,21-22,26,29,33H,7-8,13-20H2,1-6H3,(H,35,39)(H,36,38)/t22-,26-,29?/m0/s1. The van der Waals surface area contributed by atoms with E-state index < -0.39 is 17.5 Å². The van der Waals surface area contributed by atoms with Crippen molar-refractivity contribution < 1.29 is 28.6 Å². The van der Waals surface area contributed by atoms with Gasteiger partial charge < -0.3 is 35.1 Å². The predicted octanol–water partition coefficient (Wildman–Crippen LogP) is 3.09. The zero-order valence-corrected chi connectivity index (χ0v) is 27.8. The van der Waals surface area contributed by atoms with Crippen LogP contribution in [0.2, 0.25) is 0 Å². The third kappa shape index (κ3) is 10.6. The lowest BCUT2D eigenvalue weighted by molar-refractivity contribution is -0.144. The van der Waals surface area contributed by atoms with Crippen molar-refractivity contribution in [1.29, 1.82) is 0 Å². The van der Waals surface area contributed by atoms with Gasteiger partial charge in [0, 0.05) is 13.1 Å². The van der Waals surface area contributed by atoms with Crippen LogP contribution in [-0.2, 0) is 28.6 Å². The number of hydrogen-bond acceptors (Lipinski definition) is 9. The normalized spacial score (nSPS) is 16.5. The Bertz CT molecular complexity index is 1200. The first-order valence-corrected chi connectivity index (χ1v) is 16.2. The summed E-state index contributed by atoms with van der Waals surface area (Å²) < 4.78 is 16.3. The lowest BCUT2D eigenvalue weighted by atomic mass is 9.85. The molecular weight excluding hydrogens is 582 g/mol. The van der Waals surface area contributed by atoms with Crippen molar-refractivity contribution in [2.24, 2.45) is 5.41 Å². The zero-order chi connectivity index (χ0) is 32.1. The molecule has 2 aromatic rings. The molecule has 1 aromatic heterocycles. The van der Waals surface area contributed by atoms with Crippen molar-refractivity contribution in [1.82, 2.24) is 25.8 Å². The molecule has 3 rings (SSSR count). The number of carbonyl (C=O) groups excluding carboxylic acids is 3. The molecule has 3 N–H and O–H groups in total. The highest BCUT2D eigenvalue weighted by molar-refractivity contribution is 7.13. The van der Waals surface area contributed by atoms with Crippen molar-refractivity contribution in [2.45, 2.75) is 65.6 Å². The van der Waals surface area contributed by atoms with E-state index in [1.54, 1.807) is 16.2 Å². The fourth-order valence-corrected chi connectivity index (χ4v) is 5.81. The summed E-state index contributed by atoms with van der Waals surface area (Å²) in [6, 6.07) is 6.47. The summed E-state index contributed by atoms with van der Waals surface area (Å²) in [5, 5.41) is 8.95. The maximum Gasteiger partial charge on any atom is 0.246 e. The Balaban J connectivity index is 1.49. The number of nitrogens with zero attached hydrogens (tertiary/aromatic N) is 2. The number of aromatic nitrogens is 1. The fourth-order valence-electron chi connectivity index (χ4n) is 4.99. The first kappa shape index (κ1) is 35.6. The van der Waals surface area contributed by atoms with Gasteiger partial charge in [-0.25, -0.2) is 4.98 Å². The molecule has 3 amide bonds. The van der Waals surface area contributed by atoms with Crippen molar-refractivity contribution >= 4 is 29.1 Å². The summed E-state index contributed by atoms with van der Waals surface area (Å²) in [6.07, 6.45) is 1.29. The van der Waals surface area contributed by atoms with Gasteiger partial charge in [0.15, 0.2) is 0 Å². The first-order chi connectivity index (χ1) is 21.0. The minimum Gasteiger partial charge on any atom is -0.378 e. The number of thiazole rings is 1. The highest BCUT2D eigenvalue weighted by Crippen LogP contribution is 2.29. The number of nitrogens with one attached hydrogen (secondary N) is 3. The first-order valence-electron chi connectivity index (χ1n) is 15.3. The topological polar surface area (TPSA) is 131 Å². The lowest BCUT2D eigenvalue weighted by Gasteiger charge is -2.35. The Labute approximate surface area is 265 Å². The van der Waals surface area contributed by atoms with E-state index in [1.165, 1.54) is 0 Å². The molecule has 244 valence electrons. The number of likely N-dealkylation sites (tertiary alicyclic amines) is 1. The number of carbonyl (C=O) groups is 3. The molecule has 3 atom stereocenters. The Morgan fingerprint density at radius 1 is 1.02 bits per heavy atom. The van der Waals surface area contributed by atoms with E-state index in [2.05, 4.69) is 20.9 Å². The number of aryl methyl sites for hydroxylation is 1. The van der Waals surface area contributed by atoms with Crippen LogP contribution in [-0.4, -0.2) is 99.5 Å². The lowest BCUT2D eigenvalue weighted by Crippen LogP contribution is -2.58. The van der Waals surface area contributed by atoms with Crippen LogP contribution in [0.5, 0.6) is 0 Å². The van der Waals surface area contributed by atoms with E-state index in [1.807, 2.05) is 71.4 Å². The molecule has 1 aliphatic heterocycles. The van der Waals surface area contributed by atoms with Crippen molar-refractivity contribution in [3.8, 4) is 10.4 Å². The molecule has 0 spiro atoms. The maximum absolute atomic E-state index is 13.8. The van der Waals surface area contributed by atoms with Crippen LogP contribution in [0.4, 0.5) is 0 Å². The van der Waals surface area contributed by atoms with Crippen LogP contribution < -0.4 is 16.0 Å². The molecule has 1 saturated heterocycles. The number of likely N-dealkylation sites (N-methyl/N-ethyl adjacent to an activating group) is 1. The van der Waals surface area contributed by atoms with Gasteiger partial charge >= 0.3 is 0 Å². The van der Waals surface area contributed by atoms with Gasteiger partial charge in [-0.3, -0.25) is 14.4 Å². The number of amides is 3. The quantitative estimate of drug-likeness (QED) is 0.227. The van der Waals surface area contributed by atoms with Crippen molar-refractivity contribution in [2.75, 3.05) is 59.8 Å². The largest absolute Gasteiger partial charge is 0.378 e. The average Bonchev–Trinajstić information content (AvgIpc) is 3.65. The molecule has 12 heteroatoms. The summed E-state index contributed by atoms with van der Waals surface area (Å²) in [6.45, 7) is 12.8. The third-order valence-corrected chi connectivity index (χ3v) is 8.49.